The molecule has 0 bridgehead atoms. The van der Waals surface area contributed by atoms with E-state index in [1.54, 1.807) is 28.4 Å². The molecule has 10 heteroatoms. The maximum Gasteiger partial charge on any atom is 0.255 e. The molecule has 0 unspecified atom stereocenters. The maximum atomic E-state index is 13.7. The molecule has 2 amide bonds. The van der Waals surface area contributed by atoms with E-state index in [0.29, 0.717) is 92.1 Å². The van der Waals surface area contributed by atoms with Gasteiger partial charge in [-0.1, -0.05) is 0 Å². The fourth-order valence-electron chi connectivity index (χ4n) is 6.69. The van der Waals surface area contributed by atoms with Crippen molar-refractivity contribution in [2.24, 2.45) is 11.8 Å². The minimum absolute atomic E-state index is 0.232. The minimum atomic E-state index is -0.232. The van der Waals surface area contributed by atoms with Crippen molar-refractivity contribution in [3.63, 3.8) is 0 Å². The summed E-state index contributed by atoms with van der Waals surface area (Å²) in [6.07, 6.45) is 4.46. The molecule has 0 atom stereocenters. The molecule has 0 radical (unpaired) electrons. The number of hydrogen-bond acceptors (Lipinski definition) is 8. The number of hydrogen-bond donors (Lipinski definition) is 2. The topological polar surface area (TPSA) is 114 Å². The van der Waals surface area contributed by atoms with E-state index in [1.807, 2.05) is 38.1 Å². The van der Waals surface area contributed by atoms with Crippen molar-refractivity contribution in [3.05, 3.63) is 46.5 Å². The lowest BCUT2D eigenvalue weighted by Gasteiger charge is -2.24. The van der Waals surface area contributed by atoms with E-state index in [-0.39, 0.29) is 11.8 Å². The Bertz CT molecular complexity index is 1790. The van der Waals surface area contributed by atoms with Crippen LogP contribution in [0.2, 0.25) is 0 Å². The number of carbonyl (C=O) groups excluding carboxylic acids is 2. The number of rotatable bonds is 13. The van der Waals surface area contributed by atoms with Gasteiger partial charge in [-0.3, -0.25) is 9.59 Å². The van der Waals surface area contributed by atoms with Crippen molar-refractivity contribution in [2.75, 3.05) is 55.7 Å². The summed E-state index contributed by atoms with van der Waals surface area (Å²) in [5, 5.41) is 8.91. The Morgan fingerprint density at radius 1 is 0.542 bits per heavy atom. The number of fused-ring (bicyclic) bond motifs is 2. The highest BCUT2D eigenvalue weighted by Gasteiger charge is 2.31. The van der Waals surface area contributed by atoms with E-state index < -0.39 is 0 Å². The van der Waals surface area contributed by atoms with Gasteiger partial charge in [0.2, 0.25) is 0 Å². The second-order valence-electron chi connectivity index (χ2n) is 12.7. The molecule has 10 nitrogen and oxygen atoms in total. The van der Waals surface area contributed by atoms with Gasteiger partial charge in [0.1, 0.15) is 11.5 Å². The number of aryl methyl sites for hydroxylation is 2. The molecule has 0 saturated heterocycles. The molecular weight excluding hydrogens is 612 g/mol. The Morgan fingerprint density at radius 2 is 0.896 bits per heavy atom. The molecule has 0 heterocycles. The van der Waals surface area contributed by atoms with Gasteiger partial charge in [-0.05, 0) is 86.8 Å². The predicted octanol–water partition coefficient (Wildman–Crippen LogP) is 6.61. The summed E-state index contributed by atoms with van der Waals surface area (Å²) in [5.41, 5.74) is 4.06. The van der Waals surface area contributed by atoms with E-state index in [0.717, 1.165) is 47.9 Å². The van der Waals surface area contributed by atoms with Gasteiger partial charge in [-0.15, -0.1) is 0 Å². The molecule has 0 aliphatic heterocycles. The normalized spacial score (nSPS) is 14.1. The molecule has 2 saturated carbocycles. The van der Waals surface area contributed by atoms with Crippen LogP contribution in [0.25, 0.3) is 32.7 Å². The SMILES string of the molecule is COc1cc2c(OC)c(-c3c(C)cc4c(C(=O)NCC5CC5)c(OC)c(OC)cc4c3OC)c(C)cc2c(C(=O)NCC2CC2)c1OC. The van der Waals surface area contributed by atoms with Crippen LogP contribution in [-0.2, 0) is 0 Å². The Labute approximate surface area is 281 Å². The maximum absolute atomic E-state index is 13.7. The summed E-state index contributed by atoms with van der Waals surface area (Å²) in [7, 11) is 9.39. The first-order chi connectivity index (χ1) is 23.2. The number of nitrogens with one attached hydrogen (secondary N) is 2. The highest BCUT2D eigenvalue weighted by atomic mass is 16.5. The van der Waals surface area contributed by atoms with E-state index in [2.05, 4.69) is 10.6 Å². The average molecular weight is 657 g/mol. The number of amides is 2. The Kier molecular flexibility index (Phi) is 9.18. The molecular formula is C38H44N2O8. The van der Waals surface area contributed by atoms with Crippen LogP contribution in [0.1, 0.15) is 57.5 Å². The first kappa shape index (κ1) is 33.1. The van der Waals surface area contributed by atoms with E-state index in [1.165, 1.54) is 14.2 Å². The predicted molar refractivity (Wildman–Crippen MR) is 186 cm³/mol. The lowest BCUT2D eigenvalue weighted by atomic mass is 9.87. The lowest BCUT2D eigenvalue weighted by molar-refractivity contribution is 0.0941. The van der Waals surface area contributed by atoms with Gasteiger partial charge in [-0.2, -0.15) is 0 Å². The van der Waals surface area contributed by atoms with Crippen LogP contribution in [0.4, 0.5) is 0 Å². The van der Waals surface area contributed by atoms with Crippen LogP contribution in [0.3, 0.4) is 0 Å². The minimum Gasteiger partial charge on any atom is -0.495 e. The fraction of sp³-hybridized carbons (Fsp3) is 0.421. The molecule has 2 fully saturated rings. The van der Waals surface area contributed by atoms with Crippen LogP contribution >= 0.6 is 0 Å². The van der Waals surface area contributed by atoms with Crippen molar-refractivity contribution in [1.82, 2.24) is 10.6 Å². The summed E-state index contributed by atoms with van der Waals surface area (Å²) in [6, 6.07) is 7.64. The fourth-order valence-corrected chi connectivity index (χ4v) is 6.69. The highest BCUT2D eigenvalue weighted by Crippen LogP contribution is 2.52. The summed E-state index contributed by atoms with van der Waals surface area (Å²) in [4.78, 5) is 27.5. The molecule has 2 aliphatic rings. The second-order valence-corrected chi connectivity index (χ2v) is 12.7. The third kappa shape index (κ3) is 5.77. The van der Waals surface area contributed by atoms with Crippen LogP contribution in [-0.4, -0.2) is 67.6 Å². The summed E-state index contributed by atoms with van der Waals surface area (Å²) in [6.45, 7) is 5.18. The molecule has 48 heavy (non-hydrogen) atoms. The largest absolute Gasteiger partial charge is 0.495 e. The van der Waals surface area contributed by atoms with Gasteiger partial charge in [-0.25, -0.2) is 0 Å². The van der Waals surface area contributed by atoms with Crippen molar-refractivity contribution < 1.29 is 38.0 Å². The summed E-state index contributed by atoms with van der Waals surface area (Å²) < 4.78 is 35.4. The molecule has 2 aliphatic carbocycles. The number of benzene rings is 4. The van der Waals surface area contributed by atoms with Gasteiger partial charge in [0.25, 0.3) is 11.8 Å². The zero-order valence-corrected chi connectivity index (χ0v) is 29.0. The van der Waals surface area contributed by atoms with Gasteiger partial charge >= 0.3 is 0 Å². The quantitative estimate of drug-likeness (QED) is 0.165. The molecule has 254 valence electrons. The lowest BCUT2D eigenvalue weighted by Crippen LogP contribution is -2.26. The first-order valence-electron chi connectivity index (χ1n) is 16.3. The Balaban J connectivity index is 1.62. The third-order valence-electron chi connectivity index (χ3n) is 9.48. The van der Waals surface area contributed by atoms with Crippen LogP contribution in [0.15, 0.2) is 24.3 Å². The second kappa shape index (κ2) is 13.3. The highest BCUT2D eigenvalue weighted by molar-refractivity contribution is 6.16. The average Bonchev–Trinajstić information content (AvgIpc) is 4.03. The zero-order valence-electron chi connectivity index (χ0n) is 29.0. The van der Waals surface area contributed by atoms with Gasteiger partial charge in [0.15, 0.2) is 23.0 Å². The van der Waals surface area contributed by atoms with Crippen LogP contribution in [0.5, 0.6) is 34.5 Å². The van der Waals surface area contributed by atoms with Gasteiger partial charge in [0, 0.05) is 45.8 Å². The molecule has 0 aromatic heterocycles. The van der Waals surface area contributed by atoms with Crippen LogP contribution in [0, 0.1) is 25.7 Å². The molecule has 2 N–H and O–H groups in total. The number of ether oxygens (including phenoxy) is 6. The van der Waals surface area contributed by atoms with Crippen molar-refractivity contribution in [3.8, 4) is 45.6 Å². The number of carbonyl (C=O) groups is 2. The Hall–Kier alpha value is -4.86. The van der Waals surface area contributed by atoms with Crippen molar-refractivity contribution >= 4 is 33.4 Å². The molecule has 6 rings (SSSR count). The third-order valence-corrected chi connectivity index (χ3v) is 9.48. The van der Waals surface area contributed by atoms with Crippen LogP contribution < -0.4 is 39.1 Å². The zero-order chi connectivity index (χ0) is 34.3. The summed E-state index contributed by atoms with van der Waals surface area (Å²) >= 11 is 0. The first-order valence-corrected chi connectivity index (χ1v) is 16.3. The monoisotopic (exact) mass is 656 g/mol. The molecule has 4 aromatic rings. The summed E-state index contributed by atoms with van der Waals surface area (Å²) in [5.74, 6) is 3.19. The number of methoxy groups -OCH3 is 6. The van der Waals surface area contributed by atoms with E-state index in [9.17, 15) is 9.59 Å². The van der Waals surface area contributed by atoms with Gasteiger partial charge in [0.05, 0.1) is 53.8 Å². The molecule has 4 aromatic carbocycles. The van der Waals surface area contributed by atoms with Gasteiger partial charge < -0.3 is 39.1 Å². The molecule has 0 spiro atoms. The Morgan fingerprint density at radius 3 is 1.19 bits per heavy atom. The van der Waals surface area contributed by atoms with E-state index in [4.69, 9.17) is 28.4 Å². The van der Waals surface area contributed by atoms with Crippen molar-refractivity contribution in [2.45, 2.75) is 39.5 Å². The standard InChI is InChI=1S/C38H44N2O8/c1-19-13-23-25(15-27(43-3)35(47-7)31(23)37(41)39-17-21-9-10-21)33(45-5)29(19)30-20(2)14-24-26(34(30)46-6)16-28(44-4)36(48-8)32(24)38(42)40-18-22-11-12-22/h13-16,21-22H,9-12,17-18H2,1-8H3,(H,39,41)(H,40,42). The van der Waals surface area contributed by atoms with Crippen molar-refractivity contribution in [1.29, 1.82) is 0 Å². The van der Waals surface area contributed by atoms with E-state index >= 15 is 0 Å². The smallest absolute Gasteiger partial charge is 0.255 e.